The normalized spacial score (nSPS) is 20.3. The summed E-state index contributed by atoms with van der Waals surface area (Å²) in [4.78, 5) is 2.35. The number of aliphatic hydroxyl groups excluding tert-OH is 1. The maximum absolute atomic E-state index is 9.37. The number of nitrogens with zero attached hydrogens (tertiary/aromatic N) is 1. The van der Waals surface area contributed by atoms with Crippen molar-refractivity contribution in [1.82, 2.24) is 0 Å². The summed E-state index contributed by atoms with van der Waals surface area (Å²) in [6, 6.07) is 5.72. The van der Waals surface area contributed by atoms with E-state index in [1.165, 1.54) is 6.42 Å². The van der Waals surface area contributed by atoms with Gasteiger partial charge >= 0.3 is 0 Å². The Morgan fingerprint density at radius 3 is 2.82 bits per heavy atom. The molecule has 0 radical (unpaired) electrons. The molecule has 1 N–H and O–H groups in total. The van der Waals surface area contributed by atoms with E-state index >= 15 is 0 Å². The maximum atomic E-state index is 9.37. The molecule has 0 aliphatic carbocycles. The zero-order valence-electron chi connectivity index (χ0n) is 10.5. The first kappa shape index (κ1) is 12.7. The van der Waals surface area contributed by atoms with E-state index in [4.69, 9.17) is 11.6 Å². The Balaban J connectivity index is 2.20. The predicted molar refractivity (Wildman–Crippen MR) is 72.5 cm³/mol. The highest BCUT2D eigenvalue weighted by Gasteiger charge is 2.26. The Hall–Kier alpha value is -0.730. The summed E-state index contributed by atoms with van der Waals surface area (Å²) < 4.78 is 0. The lowest BCUT2D eigenvalue weighted by atomic mass is 9.95. The lowest BCUT2D eigenvalue weighted by molar-refractivity contribution is 0.282. The summed E-state index contributed by atoms with van der Waals surface area (Å²) in [7, 11) is 0. The molecule has 1 fully saturated rings. The molecule has 1 aliphatic heterocycles. The Kier molecular flexibility index (Phi) is 3.95. The van der Waals surface area contributed by atoms with Gasteiger partial charge in [0.25, 0.3) is 0 Å². The molecular weight excluding hydrogens is 234 g/mol. The van der Waals surface area contributed by atoms with E-state index in [1.807, 2.05) is 18.2 Å². The molecule has 2 nitrogen and oxygen atoms in total. The van der Waals surface area contributed by atoms with Crippen molar-refractivity contribution in [1.29, 1.82) is 0 Å². The number of rotatable bonds is 3. The van der Waals surface area contributed by atoms with Gasteiger partial charge in [0, 0.05) is 29.4 Å². The summed E-state index contributed by atoms with van der Waals surface area (Å²) in [6.45, 7) is 6.77. The Morgan fingerprint density at radius 2 is 2.24 bits per heavy atom. The minimum Gasteiger partial charge on any atom is -0.392 e. The van der Waals surface area contributed by atoms with Crippen LogP contribution in [0.15, 0.2) is 18.2 Å². The van der Waals surface area contributed by atoms with E-state index in [-0.39, 0.29) is 6.61 Å². The quantitative estimate of drug-likeness (QED) is 0.893. The van der Waals surface area contributed by atoms with Gasteiger partial charge in [-0.15, -0.1) is 0 Å². The molecule has 94 valence electrons. The minimum atomic E-state index is 0.0787. The monoisotopic (exact) mass is 253 g/mol. The molecule has 1 unspecified atom stereocenters. The van der Waals surface area contributed by atoms with E-state index < -0.39 is 0 Å². The molecule has 0 saturated carbocycles. The van der Waals surface area contributed by atoms with Crippen molar-refractivity contribution in [2.24, 2.45) is 11.8 Å². The van der Waals surface area contributed by atoms with Crippen molar-refractivity contribution in [2.75, 3.05) is 18.0 Å². The molecule has 1 aromatic rings. The maximum Gasteiger partial charge on any atom is 0.0702 e. The average Bonchev–Trinajstić information content (AvgIpc) is 2.78. The first-order chi connectivity index (χ1) is 8.11. The van der Waals surface area contributed by atoms with Crippen LogP contribution in [0.5, 0.6) is 0 Å². The van der Waals surface area contributed by atoms with Crippen LogP contribution in [-0.4, -0.2) is 18.2 Å². The molecule has 1 heterocycles. The van der Waals surface area contributed by atoms with Crippen LogP contribution in [0.4, 0.5) is 5.69 Å². The van der Waals surface area contributed by atoms with Gasteiger partial charge in [0.15, 0.2) is 0 Å². The molecule has 17 heavy (non-hydrogen) atoms. The Morgan fingerprint density at radius 1 is 1.47 bits per heavy atom. The van der Waals surface area contributed by atoms with Crippen LogP contribution in [0.25, 0.3) is 0 Å². The SMILES string of the molecule is CC(C)C1CCN(c2cc(Cl)ccc2CO)C1. The number of hydrogen-bond acceptors (Lipinski definition) is 2. The van der Waals surface area contributed by atoms with Crippen molar-refractivity contribution >= 4 is 17.3 Å². The lowest BCUT2D eigenvalue weighted by Gasteiger charge is -2.22. The first-order valence-corrected chi connectivity index (χ1v) is 6.64. The largest absolute Gasteiger partial charge is 0.392 e. The van der Waals surface area contributed by atoms with Crippen molar-refractivity contribution in [2.45, 2.75) is 26.9 Å². The number of hydrogen-bond donors (Lipinski definition) is 1. The second kappa shape index (κ2) is 5.28. The van der Waals surface area contributed by atoms with Crippen LogP contribution in [0.3, 0.4) is 0 Å². The Bertz CT molecular complexity index is 392. The minimum absolute atomic E-state index is 0.0787. The summed E-state index contributed by atoms with van der Waals surface area (Å²) in [5.74, 6) is 1.47. The number of benzene rings is 1. The third-order valence-electron chi connectivity index (χ3n) is 3.73. The summed E-state index contributed by atoms with van der Waals surface area (Å²) in [6.07, 6.45) is 1.23. The molecule has 1 aromatic carbocycles. The first-order valence-electron chi connectivity index (χ1n) is 6.26. The Labute approximate surface area is 108 Å². The number of anilines is 1. The van der Waals surface area contributed by atoms with Gasteiger partial charge in [-0.05, 0) is 30.4 Å². The van der Waals surface area contributed by atoms with Gasteiger partial charge in [0.2, 0.25) is 0 Å². The van der Waals surface area contributed by atoms with E-state index in [1.54, 1.807) is 0 Å². The van der Waals surface area contributed by atoms with Crippen LogP contribution < -0.4 is 4.90 Å². The van der Waals surface area contributed by atoms with Crippen molar-refractivity contribution < 1.29 is 5.11 Å². The third kappa shape index (κ3) is 2.75. The molecule has 0 aromatic heterocycles. The molecule has 1 atom stereocenters. The predicted octanol–water partition coefficient (Wildman–Crippen LogP) is 3.31. The molecule has 0 amide bonds. The van der Waals surface area contributed by atoms with Crippen LogP contribution in [0, 0.1) is 11.8 Å². The van der Waals surface area contributed by atoms with Crippen molar-refractivity contribution in [3.63, 3.8) is 0 Å². The summed E-state index contributed by atoms with van der Waals surface area (Å²) in [5, 5.41) is 10.1. The van der Waals surface area contributed by atoms with E-state index in [0.29, 0.717) is 0 Å². The molecule has 0 spiro atoms. The zero-order chi connectivity index (χ0) is 12.4. The highest BCUT2D eigenvalue weighted by molar-refractivity contribution is 6.30. The van der Waals surface area contributed by atoms with Gasteiger partial charge < -0.3 is 10.0 Å². The molecular formula is C14H20ClNO. The standard InChI is InChI=1S/C14H20ClNO/c1-10(2)11-5-6-16(8-11)14-7-13(15)4-3-12(14)9-17/h3-4,7,10-11,17H,5-6,8-9H2,1-2H3. The fourth-order valence-electron chi connectivity index (χ4n) is 2.52. The van der Waals surface area contributed by atoms with Gasteiger partial charge in [-0.1, -0.05) is 31.5 Å². The smallest absolute Gasteiger partial charge is 0.0702 e. The number of halogens is 1. The van der Waals surface area contributed by atoms with E-state index in [9.17, 15) is 5.11 Å². The van der Waals surface area contributed by atoms with Gasteiger partial charge in [-0.2, -0.15) is 0 Å². The highest BCUT2D eigenvalue weighted by atomic mass is 35.5. The summed E-state index contributed by atoms with van der Waals surface area (Å²) in [5.41, 5.74) is 2.07. The van der Waals surface area contributed by atoms with Crippen LogP contribution in [0.1, 0.15) is 25.8 Å². The van der Waals surface area contributed by atoms with Crippen LogP contribution >= 0.6 is 11.6 Å². The zero-order valence-corrected chi connectivity index (χ0v) is 11.2. The van der Waals surface area contributed by atoms with Crippen molar-refractivity contribution in [3.8, 4) is 0 Å². The topological polar surface area (TPSA) is 23.5 Å². The van der Waals surface area contributed by atoms with Gasteiger partial charge in [0.1, 0.15) is 0 Å². The summed E-state index contributed by atoms with van der Waals surface area (Å²) >= 11 is 6.04. The third-order valence-corrected chi connectivity index (χ3v) is 3.96. The second-order valence-corrected chi connectivity index (χ2v) is 5.61. The lowest BCUT2D eigenvalue weighted by Crippen LogP contribution is -2.22. The molecule has 3 heteroatoms. The highest BCUT2D eigenvalue weighted by Crippen LogP contribution is 2.32. The molecule has 2 rings (SSSR count). The van der Waals surface area contributed by atoms with Gasteiger partial charge in [-0.25, -0.2) is 0 Å². The fourth-order valence-corrected chi connectivity index (χ4v) is 2.68. The van der Waals surface area contributed by atoms with E-state index in [2.05, 4.69) is 18.7 Å². The average molecular weight is 254 g/mol. The van der Waals surface area contributed by atoms with Gasteiger partial charge in [-0.3, -0.25) is 0 Å². The molecule has 1 aliphatic rings. The van der Waals surface area contributed by atoms with E-state index in [0.717, 1.165) is 41.2 Å². The fraction of sp³-hybridized carbons (Fsp3) is 0.571. The second-order valence-electron chi connectivity index (χ2n) is 5.17. The molecule has 0 bridgehead atoms. The number of aliphatic hydroxyl groups is 1. The molecule has 1 saturated heterocycles. The van der Waals surface area contributed by atoms with Gasteiger partial charge in [0.05, 0.1) is 6.61 Å². The van der Waals surface area contributed by atoms with Crippen LogP contribution in [-0.2, 0) is 6.61 Å². The van der Waals surface area contributed by atoms with Crippen molar-refractivity contribution in [3.05, 3.63) is 28.8 Å². The van der Waals surface area contributed by atoms with Crippen LogP contribution in [0.2, 0.25) is 5.02 Å².